The van der Waals surface area contributed by atoms with Crippen LogP contribution in [0.2, 0.25) is 5.02 Å². The maximum atomic E-state index is 13.3. The smallest absolute Gasteiger partial charge is 0.444 e. The maximum Gasteiger partial charge on any atom is 0.496 e. The van der Waals surface area contributed by atoms with Crippen LogP contribution in [0.15, 0.2) is 18.2 Å². The second-order valence-electron chi connectivity index (χ2n) is 10.6. The standard InChI is InChI=1S/C23H34BClN2O5/c1-21(2,3)30-20(29)26-16-9-8-12-27(14-16)19(28)15-10-11-18(25)17(13-15)24-31-22(4,5)23(6,7)32-24/h10-11,13,16H,8-9,12,14H2,1-7H3,(H,26,29). The van der Waals surface area contributed by atoms with Crippen molar-refractivity contribution in [1.82, 2.24) is 10.2 Å². The normalized spacial score (nSPS) is 22.6. The van der Waals surface area contributed by atoms with E-state index in [9.17, 15) is 9.59 Å². The van der Waals surface area contributed by atoms with Gasteiger partial charge in [0.25, 0.3) is 5.91 Å². The van der Waals surface area contributed by atoms with Gasteiger partial charge in [-0.15, -0.1) is 0 Å². The third-order valence-corrected chi connectivity index (χ3v) is 6.52. The molecule has 0 aromatic heterocycles. The Morgan fingerprint density at radius 1 is 1.19 bits per heavy atom. The van der Waals surface area contributed by atoms with Gasteiger partial charge in [0.15, 0.2) is 0 Å². The lowest BCUT2D eigenvalue weighted by atomic mass is 9.78. The van der Waals surface area contributed by atoms with Crippen LogP contribution in [0.25, 0.3) is 0 Å². The quantitative estimate of drug-likeness (QED) is 0.689. The number of halogens is 1. The first-order valence-electron chi connectivity index (χ1n) is 11.1. The molecular formula is C23H34BClN2O5. The molecule has 2 aliphatic heterocycles. The second-order valence-corrected chi connectivity index (χ2v) is 11.0. The number of rotatable bonds is 3. The molecule has 0 saturated carbocycles. The van der Waals surface area contributed by atoms with Gasteiger partial charge < -0.3 is 24.3 Å². The van der Waals surface area contributed by atoms with Crippen LogP contribution in [-0.4, -0.2) is 60.0 Å². The Morgan fingerprint density at radius 2 is 1.81 bits per heavy atom. The number of benzene rings is 1. The zero-order chi connectivity index (χ0) is 23.9. The van der Waals surface area contributed by atoms with Crippen molar-refractivity contribution in [2.75, 3.05) is 13.1 Å². The van der Waals surface area contributed by atoms with E-state index in [0.717, 1.165) is 12.8 Å². The Hall–Kier alpha value is -1.77. The summed E-state index contributed by atoms with van der Waals surface area (Å²) in [5.41, 5.74) is -0.432. The van der Waals surface area contributed by atoms with E-state index in [1.54, 1.807) is 23.1 Å². The molecule has 3 rings (SSSR count). The van der Waals surface area contributed by atoms with Crippen LogP contribution in [-0.2, 0) is 14.0 Å². The molecule has 1 N–H and O–H groups in total. The molecule has 1 aromatic carbocycles. The van der Waals surface area contributed by atoms with E-state index in [1.807, 2.05) is 48.5 Å². The minimum atomic E-state index is -0.650. The van der Waals surface area contributed by atoms with E-state index in [2.05, 4.69) is 5.32 Å². The molecule has 1 aromatic rings. The van der Waals surface area contributed by atoms with E-state index in [-0.39, 0.29) is 11.9 Å². The van der Waals surface area contributed by atoms with Crippen LogP contribution < -0.4 is 10.8 Å². The number of likely N-dealkylation sites (tertiary alicyclic amines) is 1. The highest BCUT2D eigenvalue weighted by molar-refractivity contribution is 6.65. The van der Waals surface area contributed by atoms with Gasteiger partial charge in [-0.1, -0.05) is 11.6 Å². The first kappa shape index (κ1) is 24.9. The monoisotopic (exact) mass is 464 g/mol. The van der Waals surface area contributed by atoms with E-state index in [4.69, 9.17) is 25.6 Å². The number of amides is 2. The summed E-state index contributed by atoms with van der Waals surface area (Å²) in [4.78, 5) is 27.1. The predicted octanol–water partition coefficient (Wildman–Crippen LogP) is 3.77. The number of nitrogens with one attached hydrogen (secondary N) is 1. The Balaban J connectivity index is 1.71. The van der Waals surface area contributed by atoms with E-state index in [0.29, 0.717) is 29.1 Å². The third kappa shape index (κ3) is 5.59. The topological polar surface area (TPSA) is 77.1 Å². The molecule has 176 valence electrons. The Morgan fingerprint density at radius 3 is 2.41 bits per heavy atom. The lowest BCUT2D eigenvalue weighted by Crippen LogP contribution is -2.50. The highest BCUT2D eigenvalue weighted by atomic mass is 35.5. The van der Waals surface area contributed by atoms with Gasteiger partial charge in [-0.25, -0.2) is 4.79 Å². The Bertz CT molecular complexity index is 868. The number of alkyl carbamates (subject to hydrolysis) is 1. The van der Waals surface area contributed by atoms with Gasteiger partial charge in [0.1, 0.15) is 5.60 Å². The first-order valence-corrected chi connectivity index (χ1v) is 11.5. The number of nitrogens with zero attached hydrogens (tertiary/aromatic N) is 1. The summed E-state index contributed by atoms with van der Waals surface area (Å²) < 4.78 is 17.6. The highest BCUT2D eigenvalue weighted by Crippen LogP contribution is 2.37. The van der Waals surface area contributed by atoms with Crippen LogP contribution in [0.1, 0.15) is 71.7 Å². The van der Waals surface area contributed by atoms with Crippen molar-refractivity contribution in [3.05, 3.63) is 28.8 Å². The molecule has 0 aliphatic carbocycles. The van der Waals surface area contributed by atoms with Crippen molar-refractivity contribution in [2.45, 2.75) is 84.2 Å². The summed E-state index contributed by atoms with van der Waals surface area (Å²) in [6, 6.07) is 5.01. The van der Waals surface area contributed by atoms with Crippen molar-refractivity contribution in [1.29, 1.82) is 0 Å². The molecule has 0 spiro atoms. The molecule has 2 aliphatic rings. The summed E-state index contributed by atoms with van der Waals surface area (Å²) >= 11 is 6.44. The molecule has 7 nitrogen and oxygen atoms in total. The molecule has 9 heteroatoms. The van der Waals surface area contributed by atoms with Gasteiger partial charge in [-0.3, -0.25) is 4.79 Å². The summed E-state index contributed by atoms with van der Waals surface area (Å²) in [5, 5.41) is 3.37. The van der Waals surface area contributed by atoms with Crippen molar-refractivity contribution < 1.29 is 23.6 Å². The maximum absolute atomic E-state index is 13.3. The van der Waals surface area contributed by atoms with Crippen LogP contribution in [0, 0.1) is 0 Å². The third-order valence-electron chi connectivity index (χ3n) is 6.18. The molecule has 0 bridgehead atoms. The number of hydrogen-bond donors (Lipinski definition) is 1. The highest BCUT2D eigenvalue weighted by Gasteiger charge is 2.52. The second kappa shape index (κ2) is 8.88. The van der Waals surface area contributed by atoms with Crippen molar-refractivity contribution in [3.63, 3.8) is 0 Å². The van der Waals surface area contributed by atoms with Crippen LogP contribution in [0.4, 0.5) is 4.79 Å². The zero-order valence-corrected chi connectivity index (χ0v) is 20.8. The van der Waals surface area contributed by atoms with E-state index >= 15 is 0 Å². The Kier molecular flexibility index (Phi) is 6.90. The fourth-order valence-electron chi connectivity index (χ4n) is 3.76. The molecule has 32 heavy (non-hydrogen) atoms. The summed E-state index contributed by atoms with van der Waals surface area (Å²) in [5.74, 6) is -0.116. The molecule has 2 saturated heterocycles. The fourth-order valence-corrected chi connectivity index (χ4v) is 3.97. The minimum Gasteiger partial charge on any atom is -0.444 e. The van der Waals surface area contributed by atoms with Gasteiger partial charge in [0, 0.05) is 35.2 Å². The average Bonchev–Trinajstić information content (AvgIpc) is 2.87. The largest absolute Gasteiger partial charge is 0.496 e. The van der Waals surface area contributed by atoms with Crippen LogP contribution >= 0.6 is 11.6 Å². The Labute approximate surface area is 196 Å². The number of ether oxygens (including phenoxy) is 1. The van der Waals surface area contributed by atoms with Gasteiger partial charge in [0.2, 0.25) is 0 Å². The van der Waals surface area contributed by atoms with Crippen molar-refractivity contribution in [3.8, 4) is 0 Å². The molecule has 1 unspecified atom stereocenters. The van der Waals surface area contributed by atoms with Gasteiger partial charge in [0.05, 0.1) is 11.2 Å². The predicted molar refractivity (Wildman–Crippen MR) is 125 cm³/mol. The van der Waals surface area contributed by atoms with Gasteiger partial charge in [-0.2, -0.15) is 0 Å². The van der Waals surface area contributed by atoms with Gasteiger partial charge >= 0.3 is 13.2 Å². The summed E-state index contributed by atoms with van der Waals surface area (Å²) in [7, 11) is -0.650. The first-order chi connectivity index (χ1) is 14.7. The van der Waals surface area contributed by atoms with E-state index in [1.165, 1.54) is 0 Å². The molecule has 2 amide bonds. The molecule has 2 heterocycles. The SMILES string of the molecule is CC(C)(C)OC(=O)NC1CCCN(C(=O)c2ccc(Cl)c(B3OC(C)(C)C(C)(C)O3)c2)C1. The molecular weight excluding hydrogens is 431 g/mol. The summed E-state index contributed by atoms with van der Waals surface area (Å²) in [6.07, 6.45) is 1.12. The average molecular weight is 465 g/mol. The number of carbonyl (C=O) groups excluding carboxylic acids is 2. The van der Waals surface area contributed by atoms with Crippen LogP contribution in [0.3, 0.4) is 0 Å². The number of carbonyl (C=O) groups is 2. The number of hydrogen-bond acceptors (Lipinski definition) is 5. The summed E-state index contributed by atoms with van der Waals surface area (Å²) in [6.45, 7) is 14.4. The van der Waals surface area contributed by atoms with Crippen molar-refractivity contribution in [2.24, 2.45) is 0 Å². The lowest BCUT2D eigenvalue weighted by molar-refractivity contribution is 0.00578. The lowest BCUT2D eigenvalue weighted by Gasteiger charge is -2.33. The minimum absolute atomic E-state index is 0.116. The number of piperidine rings is 1. The van der Waals surface area contributed by atoms with Gasteiger partial charge in [-0.05, 0) is 79.5 Å². The van der Waals surface area contributed by atoms with Crippen molar-refractivity contribution >= 4 is 36.2 Å². The molecule has 1 atom stereocenters. The zero-order valence-electron chi connectivity index (χ0n) is 20.1. The van der Waals surface area contributed by atoms with E-state index < -0.39 is 30.0 Å². The fraction of sp³-hybridized carbons (Fsp3) is 0.652. The molecule has 2 fully saturated rings. The molecule has 0 radical (unpaired) electrons. The van der Waals surface area contributed by atoms with Crippen LogP contribution in [0.5, 0.6) is 0 Å².